The Morgan fingerprint density at radius 1 is 1.08 bits per heavy atom. The van der Waals surface area contributed by atoms with Crippen LogP contribution in [0.5, 0.6) is 11.5 Å². The Balaban J connectivity index is 2.17. The highest BCUT2D eigenvalue weighted by Crippen LogP contribution is 2.20. The standard InChI is InChI=1S/C17H16BrN3O2S/c1-2-24-17(19-10-12-5-3-4-6-15(12)22)21-20-11-13-9-14(18)7-8-16(13)23/h3-11,22-23H,2H2,1H3/b19-10+,20-11+,21-17+. The lowest BCUT2D eigenvalue weighted by Crippen LogP contribution is -1.91. The van der Waals surface area contributed by atoms with Gasteiger partial charge in [-0.15, -0.1) is 5.10 Å². The monoisotopic (exact) mass is 405 g/mol. The summed E-state index contributed by atoms with van der Waals surface area (Å²) in [5, 5.41) is 28.0. The normalized spacial score (nSPS) is 12.3. The second-order valence-corrected chi connectivity index (χ2v) is 6.73. The topological polar surface area (TPSA) is 77.5 Å². The van der Waals surface area contributed by atoms with Crippen LogP contribution < -0.4 is 0 Å². The van der Waals surface area contributed by atoms with Gasteiger partial charge in [0.15, 0.2) is 0 Å². The number of para-hydroxylation sites is 1. The fraction of sp³-hybridized carbons (Fsp3) is 0.118. The molecular weight excluding hydrogens is 390 g/mol. The van der Waals surface area contributed by atoms with E-state index in [0.29, 0.717) is 16.3 Å². The van der Waals surface area contributed by atoms with Gasteiger partial charge in [-0.3, -0.25) is 0 Å². The summed E-state index contributed by atoms with van der Waals surface area (Å²) in [7, 11) is 0. The van der Waals surface area contributed by atoms with Gasteiger partial charge in [0, 0.05) is 21.8 Å². The second-order valence-electron chi connectivity index (χ2n) is 4.58. The van der Waals surface area contributed by atoms with Gasteiger partial charge in [-0.25, -0.2) is 4.99 Å². The summed E-state index contributed by atoms with van der Waals surface area (Å²) in [6.07, 6.45) is 3.01. The molecule has 0 heterocycles. The van der Waals surface area contributed by atoms with E-state index in [-0.39, 0.29) is 11.5 Å². The van der Waals surface area contributed by atoms with Crippen molar-refractivity contribution < 1.29 is 10.2 Å². The summed E-state index contributed by atoms with van der Waals surface area (Å²) in [5.74, 6) is 1.07. The van der Waals surface area contributed by atoms with Crippen molar-refractivity contribution in [1.29, 1.82) is 0 Å². The molecule has 2 rings (SSSR count). The average molecular weight is 406 g/mol. The van der Waals surface area contributed by atoms with Gasteiger partial charge in [-0.1, -0.05) is 46.7 Å². The fourth-order valence-corrected chi connectivity index (χ4v) is 2.58. The van der Waals surface area contributed by atoms with Crippen LogP contribution in [-0.4, -0.2) is 33.6 Å². The van der Waals surface area contributed by atoms with Crippen LogP contribution >= 0.6 is 27.7 Å². The van der Waals surface area contributed by atoms with E-state index in [4.69, 9.17) is 0 Å². The van der Waals surface area contributed by atoms with Crippen LogP contribution in [0, 0.1) is 0 Å². The molecule has 0 radical (unpaired) electrons. The Morgan fingerprint density at radius 3 is 2.58 bits per heavy atom. The van der Waals surface area contributed by atoms with Gasteiger partial charge in [0.05, 0.1) is 6.21 Å². The van der Waals surface area contributed by atoms with E-state index in [1.165, 1.54) is 18.0 Å². The number of rotatable bonds is 4. The minimum absolute atomic E-state index is 0.125. The number of aliphatic imine (C=N–C) groups is 1. The average Bonchev–Trinajstić information content (AvgIpc) is 2.57. The molecule has 5 nitrogen and oxygen atoms in total. The lowest BCUT2D eigenvalue weighted by atomic mass is 10.2. The second kappa shape index (κ2) is 9.24. The number of benzene rings is 2. The highest BCUT2D eigenvalue weighted by molar-refractivity contribution is 9.10. The molecule has 0 saturated carbocycles. The molecule has 0 aliphatic rings. The van der Waals surface area contributed by atoms with Crippen molar-refractivity contribution in [2.45, 2.75) is 6.92 Å². The molecule has 0 aromatic heterocycles. The minimum atomic E-state index is 0.125. The van der Waals surface area contributed by atoms with E-state index >= 15 is 0 Å². The van der Waals surface area contributed by atoms with Gasteiger partial charge in [0.1, 0.15) is 11.5 Å². The molecule has 0 amide bonds. The van der Waals surface area contributed by atoms with Crippen molar-refractivity contribution >= 4 is 45.3 Å². The molecule has 124 valence electrons. The number of hydrogen-bond donors (Lipinski definition) is 2. The smallest absolute Gasteiger partial charge is 0.208 e. The number of aromatic hydroxyl groups is 2. The van der Waals surface area contributed by atoms with Crippen LogP contribution in [0.3, 0.4) is 0 Å². The Labute approximate surface area is 153 Å². The molecule has 2 aromatic carbocycles. The van der Waals surface area contributed by atoms with Gasteiger partial charge in [-0.05, 0) is 36.1 Å². The van der Waals surface area contributed by atoms with Crippen molar-refractivity contribution in [1.82, 2.24) is 0 Å². The molecule has 2 N–H and O–H groups in total. The molecule has 2 aromatic rings. The first kappa shape index (κ1) is 18.2. The minimum Gasteiger partial charge on any atom is -0.507 e. The third-order valence-corrected chi connectivity index (χ3v) is 4.08. The molecule has 0 aliphatic carbocycles. The van der Waals surface area contributed by atoms with Gasteiger partial charge in [0.25, 0.3) is 0 Å². The van der Waals surface area contributed by atoms with Crippen molar-refractivity contribution in [3.63, 3.8) is 0 Å². The van der Waals surface area contributed by atoms with E-state index in [2.05, 4.69) is 31.1 Å². The number of nitrogens with zero attached hydrogens (tertiary/aromatic N) is 3. The van der Waals surface area contributed by atoms with Crippen LogP contribution in [0.15, 0.2) is 62.1 Å². The summed E-state index contributed by atoms with van der Waals surface area (Å²) in [5.41, 5.74) is 1.16. The molecule has 0 fully saturated rings. The molecule has 0 aliphatic heterocycles. The zero-order valence-corrected chi connectivity index (χ0v) is 15.3. The first-order valence-electron chi connectivity index (χ1n) is 7.14. The number of phenolic OH excluding ortho intramolecular Hbond substituents is 2. The van der Waals surface area contributed by atoms with Crippen LogP contribution in [-0.2, 0) is 0 Å². The first-order chi connectivity index (χ1) is 11.6. The van der Waals surface area contributed by atoms with Crippen LogP contribution in [0.4, 0.5) is 0 Å². The van der Waals surface area contributed by atoms with E-state index < -0.39 is 0 Å². The number of phenols is 2. The molecular formula is C17H16BrN3O2S. The SMILES string of the molecule is CCSC(/N=C/c1ccccc1O)=N/N=C/c1cc(Br)ccc1O. The highest BCUT2D eigenvalue weighted by atomic mass is 79.9. The summed E-state index contributed by atoms with van der Waals surface area (Å²) in [4.78, 5) is 4.26. The maximum absolute atomic E-state index is 9.76. The van der Waals surface area contributed by atoms with E-state index in [1.807, 2.05) is 13.0 Å². The van der Waals surface area contributed by atoms with Crippen molar-refractivity contribution in [3.05, 3.63) is 58.1 Å². The Morgan fingerprint density at radius 2 is 1.83 bits per heavy atom. The van der Waals surface area contributed by atoms with Crippen molar-refractivity contribution in [2.75, 3.05) is 5.75 Å². The van der Waals surface area contributed by atoms with Gasteiger partial charge in [-0.2, -0.15) is 5.10 Å². The van der Waals surface area contributed by atoms with Crippen molar-refractivity contribution in [3.8, 4) is 11.5 Å². The highest BCUT2D eigenvalue weighted by Gasteiger charge is 2.00. The molecule has 0 spiro atoms. The summed E-state index contributed by atoms with van der Waals surface area (Å²) < 4.78 is 0.839. The lowest BCUT2D eigenvalue weighted by Gasteiger charge is -1.99. The molecule has 7 heteroatoms. The lowest BCUT2D eigenvalue weighted by molar-refractivity contribution is 0.474. The Kier molecular flexibility index (Phi) is 7.02. The van der Waals surface area contributed by atoms with Gasteiger partial charge >= 0.3 is 0 Å². The fourth-order valence-electron chi connectivity index (χ4n) is 1.71. The van der Waals surface area contributed by atoms with Gasteiger partial charge in [0.2, 0.25) is 5.17 Å². The molecule has 0 saturated heterocycles. The largest absolute Gasteiger partial charge is 0.507 e. The molecule has 0 atom stereocenters. The molecule has 24 heavy (non-hydrogen) atoms. The summed E-state index contributed by atoms with van der Waals surface area (Å²) in [6.45, 7) is 1.99. The molecule has 0 unspecified atom stereocenters. The summed E-state index contributed by atoms with van der Waals surface area (Å²) >= 11 is 4.77. The molecule has 0 bridgehead atoms. The van der Waals surface area contributed by atoms with Crippen LogP contribution in [0.2, 0.25) is 0 Å². The predicted octanol–water partition coefficient (Wildman–Crippen LogP) is 4.42. The maximum atomic E-state index is 9.76. The van der Waals surface area contributed by atoms with Gasteiger partial charge < -0.3 is 10.2 Å². The predicted molar refractivity (Wildman–Crippen MR) is 105 cm³/mol. The van der Waals surface area contributed by atoms with E-state index in [0.717, 1.165) is 10.2 Å². The summed E-state index contributed by atoms with van der Waals surface area (Å²) in [6, 6.07) is 12.0. The van der Waals surface area contributed by atoms with Crippen molar-refractivity contribution in [2.24, 2.45) is 15.2 Å². The zero-order chi connectivity index (χ0) is 17.4. The number of hydrogen-bond acceptors (Lipinski definition) is 5. The number of halogens is 1. The zero-order valence-electron chi connectivity index (χ0n) is 12.9. The third kappa shape index (κ3) is 5.50. The van der Waals surface area contributed by atoms with Crippen LogP contribution in [0.25, 0.3) is 0 Å². The maximum Gasteiger partial charge on any atom is 0.208 e. The quantitative estimate of drug-likeness (QED) is 0.448. The third-order valence-electron chi connectivity index (χ3n) is 2.85. The van der Waals surface area contributed by atoms with E-state index in [9.17, 15) is 10.2 Å². The Hall–Kier alpha value is -2.12. The van der Waals surface area contributed by atoms with E-state index in [1.54, 1.807) is 42.6 Å². The van der Waals surface area contributed by atoms with Crippen LogP contribution in [0.1, 0.15) is 18.1 Å². The number of amidine groups is 1. The number of thioether (sulfide) groups is 1. The Bertz CT molecular complexity index is 791. The first-order valence-corrected chi connectivity index (χ1v) is 8.92.